The number of ether oxygens (including phenoxy) is 1. The van der Waals surface area contributed by atoms with Crippen LogP contribution in [0.5, 0.6) is 5.75 Å². The van der Waals surface area contributed by atoms with Crippen molar-refractivity contribution in [3.63, 3.8) is 0 Å². The number of methoxy groups -OCH3 is 1. The molecule has 0 amide bonds. The van der Waals surface area contributed by atoms with Crippen molar-refractivity contribution in [3.05, 3.63) is 36.2 Å². The second kappa shape index (κ2) is 6.33. The lowest BCUT2D eigenvalue weighted by molar-refractivity contribution is 0.414. The summed E-state index contributed by atoms with van der Waals surface area (Å²) < 4.78 is 7.06. The topological polar surface area (TPSA) is 52.0 Å². The summed E-state index contributed by atoms with van der Waals surface area (Å²) in [5, 5.41) is 11.5. The van der Waals surface area contributed by atoms with E-state index in [-0.39, 0.29) is 0 Å². The maximum absolute atomic E-state index is 5.23. The van der Waals surface area contributed by atoms with Gasteiger partial charge in [0.2, 0.25) is 0 Å². The van der Waals surface area contributed by atoms with Crippen LogP contribution in [0.15, 0.2) is 30.5 Å². The summed E-state index contributed by atoms with van der Waals surface area (Å²) in [4.78, 5) is 0. The van der Waals surface area contributed by atoms with Crippen molar-refractivity contribution in [1.82, 2.24) is 20.3 Å². The molecule has 0 aliphatic rings. The van der Waals surface area contributed by atoms with Crippen LogP contribution < -0.4 is 10.1 Å². The van der Waals surface area contributed by atoms with Gasteiger partial charge in [-0.2, -0.15) is 0 Å². The largest absolute Gasteiger partial charge is 0.497 e. The summed E-state index contributed by atoms with van der Waals surface area (Å²) in [6.45, 7) is 6.10. The predicted molar refractivity (Wildman–Crippen MR) is 74.5 cm³/mol. The zero-order valence-electron chi connectivity index (χ0n) is 11.6. The number of rotatable bonds is 6. The summed E-state index contributed by atoms with van der Waals surface area (Å²) in [7, 11) is 1.66. The van der Waals surface area contributed by atoms with Crippen molar-refractivity contribution < 1.29 is 4.74 Å². The van der Waals surface area contributed by atoms with E-state index in [1.807, 2.05) is 28.9 Å². The third kappa shape index (κ3) is 3.54. The van der Waals surface area contributed by atoms with E-state index in [1.165, 1.54) is 0 Å². The highest BCUT2D eigenvalue weighted by atomic mass is 16.5. The minimum Gasteiger partial charge on any atom is -0.497 e. The third-order valence-electron chi connectivity index (χ3n) is 2.78. The van der Waals surface area contributed by atoms with Crippen LogP contribution in [0.3, 0.4) is 0 Å². The molecule has 2 rings (SSSR count). The molecule has 0 radical (unpaired) electrons. The zero-order valence-corrected chi connectivity index (χ0v) is 11.6. The molecule has 0 saturated heterocycles. The molecule has 1 heterocycles. The lowest BCUT2D eigenvalue weighted by Gasteiger charge is -2.10. The Morgan fingerprint density at radius 1 is 1.37 bits per heavy atom. The Bertz CT molecular complexity index is 522. The first-order chi connectivity index (χ1) is 9.20. The van der Waals surface area contributed by atoms with Crippen LogP contribution in [-0.2, 0) is 6.54 Å². The van der Waals surface area contributed by atoms with Crippen LogP contribution in [0.1, 0.15) is 19.5 Å². The minimum absolute atomic E-state index is 0.626. The highest BCUT2D eigenvalue weighted by molar-refractivity contribution is 5.39. The van der Waals surface area contributed by atoms with Crippen LogP contribution in [0.25, 0.3) is 5.69 Å². The summed E-state index contributed by atoms with van der Waals surface area (Å²) in [6, 6.07) is 7.79. The molecule has 0 saturated carbocycles. The van der Waals surface area contributed by atoms with Gasteiger partial charge >= 0.3 is 0 Å². The van der Waals surface area contributed by atoms with Crippen molar-refractivity contribution in [2.75, 3.05) is 13.7 Å². The molecule has 0 bridgehead atoms. The zero-order chi connectivity index (χ0) is 13.7. The first kappa shape index (κ1) is 13.5. The molecule has 1 N–H and O–H groups in total. The van der Waals surface area contributed by atoms with E-state index in [1.54, 1.807) is 13.3 Å². The smallest absolute Gasteiger partial charge is 0.121 e. The van der Waals surface area contributed by atoms with Gasteiger partial charge in [-0.05, 0) is 24.6 Å². The quantitative estimate of drug-likeness (QED) is 0.863. The van der Waals surface area contributed by atoms with Crippen molar-refractivity contribution in [3.8, 4) is 11.4 Å². The Kier molecular flexibility index (Phi) is 4.52. The Morgan fingerprint density at radius 3 is 2.95 bits per heavy atom. The fraction of sp³-hybridized carbons (Fsp3) is 0.429. The molecule has 5 heteroatoms. The van der Waals surface area contributed by atoms with E-state index < -0.39 is 0 Å². The molecule has 0 fully saturated rings. The maximum atomic E-state index is 5.23. The number of nitrogens with one attached hydrogen (secondary N) is 1. The third-order valence-corrected chi connectivity index (χ3v) is 2.78. The Balaban J connectivity index is 2.14. The van der Waals surface area contributed by atoms with Crippen LogP contribution in [0.4, 0.5) is 0 Å². The maximum Gasteiger partial charge on any atom is 0.121 e. The van der Waals surface area contributed by atoms with Gasteiger partial charge in [-0.25, -0.2) is 4.68 Å². The lowest BCUT2D eigenvalue weighted by atomic mass is 10.2. The SMILES string of the molecule is COc1cccc(-n2nncc2CNCC(C)C)c1. The molecule has 0 aliphatic heterocycles. The molecule has 1 aromatic carbocycles. The Labute approximate surface area is 113 Å². The predicted octanol–water partition coefficient (Wildman–Crippen LogP) is 2.02. The van der Waals surface area contributed by atoms with E-state index in [0.717, 1.165) is 30.2 Å². The number of nitrogens with zero attached hydrogens (tertiary/aromatic N) is 3. The standard InChI is InChI=1S/C14H20N4O/c1-11(2)8-15-9-13-10-16-17-18(13)12-5-4-6-14(7-12)19-3/h4-7,10-11,15H,8-9H2,1-3H3. The van der Waals surface area contributed by atoms with Crippen molar-refractivity contribution >= 4 is 0 Å². The van der Waals surface area contributed by atoms with Crippen molar-refractivity contribution in [1.29, 1.82) is 0 Å². The first-order valence-electron chi connectivity index (χ1n) is 6.45. The fourth-order valence-electron chi connectivity index (χ4n) is 1.83. The van der Waals surface area contributed by atoms with Crippen LogP contribution in [-0.4, -0.2) is 28.6 Å². The van der Waals surface area contributed by atoms with Crippen LogP contribution in [0.2, 0.25) is 0 Å². The van der Waals surface area contributed by atoms with E-state index in [9.17, 15) is 0 Å². The van der Waals surface area contributed by atoms with Gasteiger partial charge in [0.25, 0.3) is 0 Å². The number of benzene rings is 1. The molecule has 2 aromatic rings. The monoisotopic (exact) mass is 260 g/mol. The molecule has 102 valence electrons. The number of hydrogen-bond acceptors (Lipinski definition) is 4. The summed E-state index contributed by atoms with van der Waals surface area (Å²) in [5.41, 5.74) is 1.99. The Morgan fingerprint density at radius 2 is 2.21 bits per heavy atom. The van der Waals surface area contributed by atoms with Crippen LogP contribution in [0, 0.1) is 5.92 Å². The molecular formula is C14H20N4O. The van der Waals surface area contributed by atoms with Gasteiger partial charge in [-0.1, -0.05) is 25.1 Å². The van der Waals surface area contributed by atoms with Gasteiger partial charge in [-0.3, -0.25) is 0 Å². The van der Waals surface area contributed by atoms with Gasteiger partial charge in [0.15, 0.2) is 0 Å². The lowest BCUT2D eigenvalue weighted by Crippen LogP contribution is -2.20. The molecule has 1 aromatic heterocycles. The summed E-state index contributed by atoms with van der Waals surface area (Å²) >= 11 is 0. The highest BCUT2D eigenvalue weighted by Crippen LogP contribution is 2.16. The molecule has 5 nitrogen and oxygen atoms in total. The number of aromatic nitrogens is 3. The minimum atomic E-state index is 0.626. The van der Waals surface area contributed by atoms with Gasteiger partial charge in [0.05, 0.1) is 24.7 Å². The second-order valence-electron chi connectivity index (χ2n) is 4.86. The van der Waals surface area contributed by atoms with Gasteiger partial charge in [-0.15, -0.1) is 5.10 Å². The molecule has 0 atom stereocenters. The average Bonchev–Trinajstić information content (AvgIpc) is 2.87. The highest BCUT2D eigenvalue weighted by Gasteiger charge is 2.07. The van der Waals surface area contributed by atoms with Gasteiger partial charge in [0, 0.05) is 12.6 Å². The first-order valence-corrected chi connectivity index (χ1v) is 6.45. The van der Waals surface area contributed by atoms with E-state index in [2.05, 4.69) is 29.5 Å². The molecule has 0 unspecified atom stereocenters. The fourth-order valence-corrected chi connectivity index (χ4v) is 1.83. The summed E-state index contributed by atoms with van der Waals surface area (Å²) in [6.07, 6.45) is 1.78. The normalized spacial score (nSPS) is 10.9. The van der Waals surface area contributed by atoms with Gasteiger partial charge in [0.1, 0.15) is 5.75 Å². The molecule has 0 spiro atoms. The van der Waals surface area contributed by atoms with E-state index in [4.69, 9.17) is 4.74 Å². The van der Waals surface area contributed by atoms with Crippen molar-refractivity contribution in [2.45, 2.75) is 20.4 Å². The molecule has 0 aliphatic carbocycles. The number of hydrogen-bond donors (Lipinski definition) is 1. The van der Waals surface area contributed by atoms with Crippen molar-refractivity contribution in [2.24, 2.45) is 5.92 Å². The van der Waals surface area contributed by atoms with Gasteiger partial charge < -0.3 is 10.1 Å². The Hall–Kier alpha value is -1.88. The van der Waals surface area contributed by atoms with Crippen LogP contribution >= 0.6 is 0 Å². The average molecular weight is 260 g/mol. The van der Waals surface area contributed by atoms with E-state index >= 15 is 0 Å². The second-order valence-corrected chi connectivity index (χ2v) is 4.86. The van der Waals surface area contributed by atoms with E-state index in [0.29, 0.717) is 5.92 Å². The molecule has 19 heavy (non-hydrogen) atoms. The molecular weight excluding hydrogens is 240 g/mol. The summed E-state index contributed by atoms with van der Waals surface area (Å²) in [5.74, 6) is 1.44.